The lowest BCUT2D eigenvalue weighted by atomic mass is 9.77. The van der Waals surface area contributed by atoms with Gasteiger partial charge in [-0.2, -0.15) is 0 Å². The molecule has 186 valence electrons. The highest BCUT2D eigenvalue weighted by atomic mass is 16.4. The predicted molar refractivity (Wildman–Crippen MR) is 135 cm³/mol. The summed E-state index contributed by atoms with van der Waals surface area (Å²) in [6.07, 6.45) is -0.397. The fraction of sp³-hybridized carbons (Fsp3) is 0.214. The molecule has 3 rings (SSSR count). The number of hydrogen-bond donors (Lipinski definition) is 4. The van der Waals surface area contributed by atoms with Gasteiger partial charge in [-0.15, -0.1) is 0 Å². The Kier molecular flexibility index (Phi) is 8.57. The molecule has 0 aromatic heterocycles. The quantitative estimate of drug-likeness (QED) is 0.327. The van der Waals surface area contributed by atoms with Crippen LogP contribution in [0.4, 0.5) is 0 Å². The van der Waals surface area contributed by atoms with Gasteiger partial charge in [0.25, 0.3) is 0 Å². The second kappa shape index (κ2) is 11.8. The Morgan fingerprint density at radius 1 is 0.750 bits per heavy atom. The Morgan fingerprint density at radius 3 is 1.53 bits per heavy atom. The molecule has 3 amide bonds. The average molecular weight is 488 g/mol. The molecular weight excluding hydrogens is 458 g/mol. The minimum absolute atomic E-state index is 0.397. The number of carbonyl (C=O) groups is 4. The molecule has 8 heteroatoms. The monoisotopic (exact) mass is 487 g/mol. The molecule has 0 heterocycles. The number of carboxylic acids is 1. The van der Waals surface area contributed by atoms with Crippen LogP contribution in [0.1, 0.15) is 37.0 Å². The van der Waals surface area contributed by atoms with E-state index in [9.17, 15) is 19.2 Å². The van der Waals surface area contributed by atoms with Gasteiger partial charge >= 0.3 is 5.97 Å². The van der Waals surface area contributed by atoms with E-state index in [2.05, 4.69) is 16.0 Å². The smallest absolute Gasteiger partial charge is 0.325 e. The SMILES string of the molecule is CC(=O)N[C@H](CC(=O)NC(c1ccccc1)(c1ccccc1)c1ccccc1)C(=O)N[C@H](C)C(=O)O. The molecule has 0 fully saturated rings. The van der Waals surface area contributed by atoms with E-state index in [1.54, 1.807) is 0 Å². The molecular formula is C28H29N3O5. The average Bonchev–Trinajstić information content (AvgIpc) is 2.88. The van der Waals surface area contributed by atoms with Gasteiger partial charge in [0.2, 0.25) is 17.7 Å². The lowest BCUT2D eigenvalue weighted by Gasteiger charge is -2.37. The van der Waals surface area contributed by atoms with Crippen molar-refractivity contribution in [2.45, 2.75) is 37.9 Å². The molecule has 0 aliphatic carbocycles. The normalized spacial score (nSPS) is 12.6. The number of aliphatic carboxylic acids is 1. The molecule has 4 N–H and O–H groups in total. The summed E-state index contributed by atoms with van der Waals surface area (Å²) in [5.41, 5.74) is 1.31. The van der Waals surface area contributed by atoms with Crippen LogP contribution in [0.3, 0.4) is 0 Å². The number of nitrogens with one attached hydrogen (secondary N) is 3. The summed E-state index contributed by atoms with van der Waals surface area (Å²) in [5, 5.41) is 17.0. The first kappa shape index (κ1) is 26.2. The van der Waals surface area contributed by atoms with Crippen molar-refractivity contribution in [2.75, 3.05) is 0 Å². The van der Waals surface area contributed by atoms with Gasteiger partial charge in [-0.25, -0.2) is 0 Å². The van der Waals surface area contributed by atoms with Crippen molar-refractivity contribution in [1.29, 1.82) is 0 Å². The third-order valence-corrected chi connectivity index (χ3v) is 5.76. The Bertz CT molecular complexity index is 1100. The van der Waals surface area contributed by atoms with E-state index in [4.69, 9.17) is 5.11 Å². The topological polar surface area (TPSA) is 125 Å². The summed E-state index contributed by atoms with van der Waals surface area (Å²) in [4.78, 5) is 49.2. The van der Waals surface area contributed by atoms with Gasteiger partial charge in [0.1, 0.15) is 17.6 Å². The summed E-state index contributed by atoms with van der Waals surface area (Å²) >= 11 is 0. The molecule has 0 radical (unpaired) electrons. The molecule has 0 bridgehead atoms. The van der Waals surface area contributed by atoms with Crippen molar-refractivity contribution in [2.24, 2.45) is 0 Å². The number of benzene rings is 3. The van der Waals surface area contributed by atoms with Gasteiger partial charge in [-0.05, 0) is 23.6 Å². The maximum atomic E-state index is 13.5. The second-order valence-corrected chi connectivity index (χ2v) is 8.42. The van der Waals surface area contributed by atoms with E-state index < -0.39 is 47.7 Å². The molecule has 36 heavy (non-hydrogen) atoms. The van der Waals surface area contributed by atoms with Crippen molar-refractivity contribution in [1.82, 2.24) is 16.0 Å². The molecule has 3 aromatic rings. The maximum absolute atomic E-state index is 13.5. The minimum atomic E-state index is -1.26. The molecule has 0 spiro atoms. The first-order valence-electron chi connectivity index (χ1n) is 11.5. The highest BCUT2D eigenvalue weighted by Gasteiger charge is 2.38. The fourth-order valence-corrected chi connectivity index (χ4v) is 4.06. The molecule has 0 aliphatic rings. The van der Waals surface area contributed by atoms with Gasteiger partial charge in [-0.3, -0.25) is 19.2 Å². The lowest BCUT2D eigenvalue weighted by Crippen LogP contribution is -2.54. The van der Waals surface area contributed by atoms with E-state index >= 15 is 0 Å². The Morgan fingerprint density at radius 2 is 1.17 bits per heavy atom. The number of carboxylic acid groups (broad SMARTS) is 1. The number of amides is 3. The first-order chi connectivity index (χ1) is 17.2. The van der Waals surface area contributed by atoms with Gasteiger partial charge in [-0.1, -0.05) is 91.0 Å². The van der Waals surface area contributed by atoms with Crippen LogP contribution in [0.15, 0.2) is 91.0 Å². The second-order valence-electron chi connectivity index (χ2n) is 8.42. The standard InChI is InChI=1S/C28H29N3O5/c1-19(27(35)36)29-26(34)24(30-20(2)32)18-25(33)31-28(21-12-6-3-7-13-21,22-14-8-4-9-15-22)23-16-10-5-11-17-23/h3-17,19,24H,18H2,1-2H3,(H,29,34)(H,30,32)(H,31,33)(H,35,36)/t19-,24-/m1/s1. The van der Waals surface area contributed by atoms with Crippen molar-refractivity contribution in [3.05, 3.63) is 108 Å². The molecule has 8 nitrogen and oxygen atoms in total. The number of carbonyl (C=O) groups excluding carboxylic acids is 3. The van der Waals surface area contributed by atoms with E-state index in [0.29, 0.717) is 0 Å². The van der Waals surface area contributed by atoms with Crippen LogP contribution in [0, 0.1) is 0 Å². The molecule has 0 aliphatic heterocycles. The van der Waals surface area contributed by atoms with E-state index in [0.717, 1.165) is 16.7 Å². The Labute approximate surface area is 209 Å². The summed E-state index contributed by atoms with van der Waals surface area (Å²) < 4.78 is 0. The van der Waals surface area contributed by atoms with Crippen LogP contribution in [0.25, 0.3) is 0 Å². The van der Waals surface area contributed by atoms with Crippen LogP contribution in [0.5, 0.6) is 0 Å². The molecule has 0 saturated carbocycles. The third kappa shape index (κ3) is 6.15. The fourth-order valence-electron chi connectivity index (χ4n) is 4.06. The van der Waals surface area contributed by atoms with E-state index in [1.807, 2.05) is 91.0 Å². The van der Waals surface area contributed by atoms with Crippen molar-refractivity contribution < 1.29 is 24.3 Å². The van der Waals surface area contributed by atoms with Gasteiger partial charge in [0, 0.05) is 6.92 Å². The summed E-state index contributed by atoms with van der Waals surface area (Å²) in [6, 6.07) is 25.9. The Balaban J connectivity index is 2.03. The van der Waals surface area contributed by atoms with Crippen LogP contribution < -0.4 is 16.0 Å². The summed E-state index contributed by atoms with van der Waals surface area (Å²) in [7, 11) is 0. The number of hydrogen-bond acceptors (Lipinski definition) is 4. The van der Waals surface area contributed by atoms with E-state index in [1.165, 1.54) is 13.8 Å². The molecule has 0 unspecified atom stereocenters. The van der Waals surface area contributed by atoms with Crippen LogP contribution in [0.2, 0.25) is 0 Å². The van der Waals surface area contributed by atoms with Gasteiger partial charge in [0.05, 0.1) is 6.42 Å². The molecule has 3 aromatic carbocycles. The zero-order chi connectivity index (χ0) is 26.1. The maximum Gasteiger partial charge on any atom is 0.325 e. The molecule has 0 saturated heterocycles. The van der Waals surface area contributed by atoms with Crippen molar-refractivity contribution in [3.63, 3.8) is 0 Å². The minimum Gasteiger partial charge on any atom is -0.480 e. The summed E-state index contributed by atoms with van der Waals surface area (Å²) in [6.45, 7) is 2.53. The highest BCUT2D eigenvalue weighted by Crippen LogP contribution is 2.36. The lowest BCUT2D eigenvalue weighted by molar-refractivity contribution is -0.141. The number of rotatable bonds is 10. The van der Waals surface area contributed by atoms with Gasteiger partial charge in [0.15, 0.2) is 0 Å². The van der Waals surface area contributed by atoms with Gasteiger partial charge < -0.3 is 21.1 Å². The third-order valence-electron chi connectivity index (χ3n) is 5.76. The van der Waals surface area contributed by atoms with Crippen molar-refractivity contribution in [3.8, 4) is 0 Å². The van der Waals surface area contributed by atoms with Crippen LogP contribution >= 0.6 is 0 Å². The molecule has 2 atom stereocenters. The largest absolute Gasteiger partial charge is 0.480 e. The zero-order valence-electron chi connectivity index (χ0n) is 20.1. The highest BCUT2D eigenvalue weighted by molar-refractivity contribution is 5.93. The predicted octanol–water partition coefficient (Wildman–Crippen LogP) is 2.58. The van der Waals surface area contributed by atoms with E-state index in [-0.39, 0.29) is 0 Å². The zero-order valence-corrected chi connectivity index (χ0v) is 20.1. The van der Waals surface area contributed by atoms with Crippen molar-refractivity contribution >= 4 is 23.7 Å². The Hall–Kier alpha value is -4.46. The van der Waals surface area contributed by atoms with Crippen LogP contribution in [-0.2, 0) is 24.7 Å². The summed E-state index contributed by atoms with van der Waals surface area (Å²) in [5.74, 6) is -3.03. The first-order valence-corrected chi connectivity index (χ1v) is 11.5. The van der Waals surface area contributed by atoms with Crippen LogP contribution in [-0.4, -0.2) is 40.9 Å².